The molecule has 0 radical (unpaired) electrons. The van der Waals surface area contributed by atoms with Gasteiger partial charge in [0, 0.05) is 55.1 Å². The lowest BCUT2D eigenvalue weighted by molar-refractivity contribution is 0.686. The van der Waals surface area contributed by atoms with E-state index in [9.17, 15) is 0 Å². The normalized spacial score (nSPS) is 13.5. The van der Waals surface area contributed by atoms with Crippen molar-refractivity contribution in [3.63, 3.8) is 0 Å². The Morgan fingerprint density at radius 1 is 0.345 bits per heavy atom. The van der Waals surface area contributed by atoms with Gasteiger partial charge in [-0.1, -0.05) is 172 Å². The van der Waals surface area contributed by atoms with Crippen LogP contribution in [0.1, 0.15) is 96.9 Å². The molecule has 12 aromatic carbocycles. The van der Waals surface area contributed by atoms with Gasteiger partial charge < -0.3 is 18.9 Å². The van der Waals surface area contributed by atoms with Crippen LogP contribution in [0.25, 0.3) is 87.3 Å². The number of hydrogen-bond acceptors (Lipinski definition) is 2. The Kier molecular flexibility index (Phi) is 12.3. The number of rotatable bonds is 12. The molecule has 410 valence electrons. The van der Waals surface area contributed by atoms with Gasteiger partial charge in [0.2, 0.25) is 0 Å². The van der Waals surface area contributed by atoms with E-state index in [2.05, 4.69) is 253 Å². The number of benzene rings is 12. The van der Waals surface area contributed by atoms with E-state index in [-0.39, 0.29) is 0 Å². The fourth-order valence-electron chi connectivity index (χ4n) is 15.6. The van der Waals surface area contributed by atoms with E-state index in [1.807, 2.05) is 0 Å². The van der Waals surface area contributed by atoms with Gasteiger partial charge in [-0.15, -0.1) is 0 Å². The van der Waals surface area contributed by atoms with Gasteiger partial charge in [0.15, 0.2) is 0 Å². The highest BCUT2D eigenvalue weighted by Gasteiger charge is 2.32. The Balaban J connectivity index is 1.06. The lowest BCUT2D eigenvalue weighted by atomic mass is 9.85. The predicted octanol–water partition coefficient (Wildman–Crippen LogP) is 22.0. The lowest BCUT2D eigenvalue weighted by Gasteiger charge is -2.35. The number of nitrogens with zero attached hydrogens (tertiary/aromatic N) is 4. The summed E-state index contributed by atoms with van der Waals surface area (Å²) in [5.41, 5.74) is 26.1. The van der Waals surface area contributed by atoms with Crippen molar-refractivity contribution in [1.29, 1.82) is 0 Å². The van der Waals surface area contributed by atoms with Crippen molar-refractivity contribution in [2.75, 3.05) is 9.80 Å². The van der Waals surface area contributed by atoms with Crippen LogP contribution < -0.4 is 9.80 Å². The molecule has 4 nitrogen and oxygen atoms in total. The van der Waals surface area contributed by atoms with Gasteiger partial charge in [0.05, 0.1) is 44.8 Å². The Morgan fingerprint density at radius 3 is 1.18 bits per heavy atom. The van der Waals surface area contributed by atoms with Crippen LogP contribution in [-0.4, -0.2) is 9.13 Å². The monoisotopic (exact) mass is 1090 g/mol. The summed E-state index contributed by atoms with van der Waals surface area (Å²) in [6, 6.07) is 79.5. The first-order chi connectivity index (χ1) is 41.5. The van der Waals surface area contributed by atoms with Gasteiger partial charge in [0.1, 0.15) is 0 Å². The zero-order valence-corrected chi connectivity index (χ0v) is 48.9. The van der Waals surface area contributed by atoms with Gasteiger partial charge in [-0.05, 0) is 205 Å². The predicted molar refractivity (Wildman–Crippen MR) is 359 cm³/mol. The molecule has 14 aromatic rings. The Labute approximate surface area is 493 Å². The maximum atomic E-state index is 2.76. The Hall–Kier alpha value is -9.12. The van der Waals surface area contributed by atoms with Crippen LogP contribution in [0.15, 0.2) is 206 Å². The van der Waals surface area contributed by atoms with E-state index in [4.69, 9.17) is 0 Å². The minimum atomic E-state index is 0.970. The molecule has 2 heterocycles. The van der Waals surface area contributed by atoms with Crippen molar-refractivity contribution >= 4 is 110 Å². The van der Waals surface area contributed by atoms with E-state index in [1.165, 1.54) is 192 Å². The van der Waals surface area contributed by atoms with Gasteiger partial charge >= 0.3 is 0 Å². The zero-order valence-electron chi connectivity index (χ0n) is 48.9. The van der Waals surface area contributed by atoms with Crippen molar-refractivity contribution in [3.05, 3.63) is 251 Å². The molecule has 2 aliphatic rings. The highest BCUT2D eigenvalue weighted by molar-refractivity contribution is 6.30. The minimum Gasteiger partial charge on any atom is -0.307 e. The van der Waals surface area contributed by atoms with Crippen LogP contribution in [0.5, 0.6) is 0 Å². The maximum absolute atomic E-state index is 2.76. The second kappa shape index (κ2) is 20.3. The van der Waals surface area contributed by atoms with Crippen molar-refractivity contribution < 1.29 is 0 Å². The van der Waals surface area contributed by atoms with Crippen molar-refractivity contribution in [2.45, 2.75) is 105 Å². The second-order valence-corrected chi connectivity index (χ2v) is 24.2. The summed E-state index contributed by atoms with van der Waals surface area (Å²) in [4.78, 5) is 5.52. The molecule has 84 heavy (non-hydrogen) atoms. The van der Waals surface area contributed by atoms with Crippen LogP contribution in [0.4, 0.5) is 34.1 Å². The van der Waals surface area contributed by atoms with E-state index in [0.29, 0.717) is 0 Å². The molecule has 0 fully saturated rings. The highest BCUT2D eigenvalue weighted by atomic mass is 15.2. The summed E-state index contributed by atoms with van der Waals surface area (Å²) in [6.07, 6.45) is 13.2. The molecule has 0 atom stereocenters. The second-order valence-electron chi connectivity index (χ2n) is 24.2. The van der Waals surface area contributed by atoms with E-state index < -0.39 is 0 Å². The van der Waals surface area contributed by atoms with Gasteiger partial charge in [-0.3, -0.25) is 0 Å². The van der Waals surface area contributed by atoms with Crippen LogP contribution >= 0.6 is 0 Å². The summed E-state index contributed by atoms with van der Waals surface area (Å²) in [5.74, 6) is 0. The number of aryl methyl sites for hydroxylation is 6. The zero-order chi connectivity index (χ0) is 56.2. The Morgan fingerprint density at radius 2 is 0.738 bits per heavy atom. The summed E-state index contributed by atoms with van der Waals surface area (Å²) >= 11 is 0. The number of fused-ring (bicyclic) bond motifs is 8. The van der Waals surface area contributed by atoms with E-state index >= 15 is 0 Å². The summed E-state index contributed by atoms with van der Waals surface area (Å²) in [7, 11) is 0. The summed E-state index contributed by atoms with van der Waals surface area (Å²) < 4.78 is 5.11. The van der Waals surface area contributed by atoms with E-state index in [1.54, 1.807) is 0 Å². The minimum absolute atomic E-state index is 0.970. The van der Waals surface area contributed by atoms with Gasteiger partial charge in [-0.25, -0.2) is 0 Å². The first-order valence-electron chi connectivity index (χ1n) is 31.2. The number of aromatic nitrogens is 2. The van der Waals surface area contributed by atoms with E-state index in [0.717, 1.165) is 51.4 Å². The standard InChI is InChI=1S/C80H70N4/c1-5-23-55-49-73(83(69-39-21-27-53-25-13-15-33-59(53)69)77-51(3)41-43-65-63-35-17-19-37-71(63)81(79(65)77)57-29-9-7-10-30-57)67-48-46-62-56(24-6-2)50-74(68-47-45-61(55)75(67)76(62)68)84(70-40-22-28-54-26-14-16-34-60(54)70)78-52(4)42-44-66-64-36-18-20-38-72(64)82(80(66)78)58-31-11-8-12-32-58/h7-12,17-22,27-32,35-50H,5-6,13-16,23-26,33-34H2,1-4H3. The van der Waals surface area contributed by atoms with Gasteiger partial charge in [0.25, 0.3) is 0 Å². The molecule has 0 aliphatic heterocycles. The molecule has 0 spiro atoms. The van der Waals surface area contributed by atoms with Crippen molar-refractivity contribution in [1.82, 2.24) is 9.13 Å². The molecular formula is C80H70N4. The van der Waals surface area contributed by atoms with Crippen molar-refractivity contribution in [2.24, 2.45) is 0 Å². The molecule has 2 aromatic heterocycles. The SMILES string of the molecule is CCCc1cc(N(c2cccc3c2CCCC3)c2c(C)ccc3c4ccccc4n(-c4ccccc4)c23)c2ccc3c(CCC)cc(N(c4cccc5c4CCCC5)c4c(C)ccc5c6ccccc6n(-c6ccccc6)c45)c4ccc1c2c34. The molecule has 0 unspecified atom stereocenters. The lowest BCUT2D eigenvalue weighted by Crippen LogP contribution is -2.18. The van der Waals surface area contributed by atoms with Crippen LogP contribution in [0.2, 0.25) is 0 Å². The number of para-hydroxylation sites is 4. The molecule has 0 saturated heterocycles. The van der Waals surface area contributed by atoms with Crippen molar-refractivity contribution in [3.8, 4) is 11.4 Å². The number of anilines is 6. The first kappa shape index (κ1) is 50.6. The fraction of sp³-hybridized carbons (Fsp3) is 0.200. The third kappa shape index (κ3) is 7.72. The molecular weight excluding hydrogens is 1020 g/mol. The van der Waals surface area contributed by atoms with Gasteiger partial charge in [-0.2, -0.15) is 0 Å². The third-order valence-corrected chi connectivity index (χ3v) is 19.3. The molecule has 0 amide bonds. The molecule has 0 N–H and O–H groups in total. The van der Waals surface area contributed by atoms with Crippen LogP contribution in [0, 0.1) is 13.8 Å². The average molecular weight is 1090 g/mol. The largest absolute Gasteiger partial charge is 0.307 e. The first-order valence-corrected chi connectivity index (χ1v) is 31.2. The molecule has 4 heteroatoms. The topological polar surface area (TPSA) is 16.3 Å². The summed E-state index contributed by atoms with van der Waals surface area (Å²) in [6.45, 7) is 9.43. The number of hydrogen-bond donors (Lipinski definition) is 0. The quantitative estimate of drug-likeness (QED) is 0.113. The maximum Gasteiger partial charge on any atom is 0.0785 e. The fourth-order valence-corrected chi connectivity index (χ4v) is 15.6. The Bertz CT molecular complexity index is 4590. The molecule has 0 saturated carbocycles. The third-order valence-electron chi connectivity index (χ3n) is 19.3. The highest BCUT2D eigenvalue weighted by Crippen LogP contribution is 2.55. The molecule has 16 rings (SSSR count). The molecule has 0 bridgehead atoms. The molecule has 2 aliphatic carbocycles. The summed E-state index contributed by atoms with van der Waals surface area (Å²) in [5, 5.41) is 13.1. The smallest absolute Gasteiger partial charge is 0.0785 e. The van der Waals surface area contributed by atoms with Crippen LogP contribution in [0.3, 0.4) is 0 Å². The average Bonchev–Trinajstić information content (AvgIpc) is 1.27. The van der Waals surface area contributed by atoms with Crippen LogP contribution in [-0.2, 0) is 38.5 Å².